The minimum atomic E-state index is -4.97. The molecule has 0 aliphatic carbocycles. The number of fused-ring (bicyclic) bond motifs is 1. The number of aromatic nitrogens is 1. The first-order valence-corrected chi connectivity index (χ1v) is 10.0. The van der Waals surface area contributed by atoms with Crippen LogP contribution in [0.1, 0.15) is 34.8 Å². The van der Waals surface area contributed by atoms with E-state index >= 15 is 0 Å². The molecule has 0 spiro atoms. The SMILES string of the molecule is CCOC(=O)CCNC(=O)c1ccc2nc(-c3cc(C(F)(F)F)cc(C(F)(F)F)c3)ccc2c1. The van der Waals surface area contributed by atoms with Gasteiger partial charge in [-0.2, -0.15) is 26.3 Å². The van der Waals surface area contributed by atoms with E-state index in [2.05, 4.69) is 10.3 Å². The number of nitrogens with zero attached hydrogens (tertiary/aromatic N) is 1. The van der Waals surface area contributed by atoms with Crippen LogP contribution in [0, 0.1) is 0 Å². The molecule has 0 atom stereocenters. The minimum absolute atomic E-state index is 0.00498. The Hall–Kier alpha value is -3.63. The van der Waals surface area contributed by atoms with Crippen molar-refractivity contribution in [2.75, 3.05) is 13.2 Å². The van der Waals surface area contributed by atoms with Gasteiger partial charge in [0.15, 0.2) is 0 Å². The van der Waals surface area contributed by atoms with Crippen molar-refractivity contribution in [3.63, 3.8) is 0 Å². The largest absolute Gasteiger partial charge is 0.466 e. The van der Waals surface area contributed by atoms with Crippen LogP contribution in [0.25, 0.3) is 22.2 Å². The van der Waals surface area contributed by atoms with Crippen molar-refractivity contribution < 1.29 is 40.7 Å². The molecule has 2 aromatic carbocycles. The van der Waals surface area contributed by atoms with Gasteiger partial charge in [-0.05, 0) is 49.4 Å². The lowest BCUT2D eigenvalue weighted by atomic mass is 10.0. The minimum Gasteiger partial charge on any atom is -0.466 e. The second-order valence-corrected chi connectivity index (χ2v) is 7.21. The summed E-state index contributed by atoms with van der Waals surface area (Å²) in [5, 5.41) is 3.01. The Morgan fingerprint density at radius 1 is 0.912 bits per heavy atom. The van der Waals surface area contributed by atoms with Crippen molar-refractivity contribution >= 4 is 22.8 Å². The summed E-state index contributed by atoms with van der Waals surface area (Å²) >= 11 is 0. The van der Waals surface area contributed by atoms with Gasteiger partial charge in [-0.3, -0.25) is 9.59 Å². The molecule has 5 nitrogen and oxygen atoms in total. The quantitative estimate of drug-likeness (QED) is 0.364. The Morgan fingerprint density at radius 3 is 2.15 bits per heavy atom. The predicted molar refractivity (Wildman–Crippen MR) is 111 cm³/mol. The smallest absolute Gasteiger partial charge is 0.416 e. The second-order valence-electron chi connectivity index (χ2n) is 7.21. The van der Waals surface area contributed by atoms with Gasteiger partial charge in [-0.15, -0.1) is 0 Å². The number of alkyl halides is 6. The van der Waals surface area contributed by atoms with E-state index in [1.165, 1.54) is 30.3 Å². The Kier molecular flexibility index (Phi) is 7.13. The van der Waals surface area contributed by atoms with Crippen LogP contribution in [0.15, 0.2) is 48.5 Å². The number of carbonyl (C=O) groups excluding carboxylic acids is 2. The van der Waals surface area contributed by atoms with Crippen LogP contribution >= 0.6 is 0 Å². The van der Waals surface area contributed by atoms with E-state index in [-0.39, 0.29) is 48.0 Å². The van der Waals surface area contributed by atoms with E-state index in [1.54, 1.807) is 6.92 Å². The summed E-state index contributed by atoms with van der Waals surface area (Å²) in [7, 11) is 0. The Morgan fingerprint density at radius 2 is 1.56 bits per heavy atom. The third-order valence-electron chi connectivity index (χ3n) is 4.75. The molecule has 3 rings (SSSR count). The van der Waals surface area contributed by atoms with E-state index in [4.69, 9.17) is 4.74 Å². The van der Waals surface area contributed by atoms with Gasteiger partial charge in [0.05, 0.1) is 35.4 Å². The van der Waals surface area contributed by atoms with Gasteiger partial charge >= 0.3 is 18.3 Å². The first-order valence-electron chi connectivity index (χ1n) is 10.0. The van der Waals surface area contributed by atoms with Crippen LogP contribution in [-0.2, 0) is 21.9 Å². The number of pyridine rings is 1. The summed E-state index contributed by atoms with van der Waals surface area (Å²) in [6.45, 7) is 1.95. The van der Waals surface area contributed by atoms with Crippen molar-refractivity contribution in [2.45, 2.75) is 25.7 Å². The van der Waals surface area contributed by atoms with Crippen molar-refractivity contribution in [3.05, 3.63) is 65.2 Å². The van der Waals surface area contributed by atoms with Crippen molar-refractivity contribution in [3.8, 4) is 11.3 Å². The molecule has 0 aliphatic heterocycles. The third kappa shape index (κ3) is 6.03. The molecule has 0 fully saturated rings. The lowest BCUT2D eigenvalue weighted by Crippen LogP contribution is -2.26. The van der Waals surface area contributed by atoms with Crippen LogP contribution in [0.5, 0.6) is 0 Å². The number of hydrogen-bond donors (Lipinski definition) is 1. The van der Waals surface area contributed by atoms with Crippen LogP contribution in [0.2, 0.25) is 0 Å². The normalized spacial score (nSPS) is 12.0. The molecule has 1 N–H and O–H groups in total. The number of amides is 1. The van der Waals surface area contributed by atoms with E-state index in [0.717, 1.165) is 0 Å². The first kappa shape index (κ1) is 25.0. The van der Waals surface area contributed by atoms with Gasteiger partial charge in [0, 0.05) is 23.1 Å². The van der Waals surface area contributed by atoms with E-state index in [0.29, 0.717) is 17.5 Å². The number of rotatable bonds is 6. The van der Waals surface area contributed by atoms with Gasteiger partial charge < -0.3 is 10.1 Å². The molecule has 1 amide bonds. The van der Waals surface area contributed by atoms with Gasteiger partial charge in [0.2, 0.25) is 0 Å². The topological polar surface area (TPSA) is 68.3 Å². The highest BCUT2D eigenvalue weighted by Crippen LogP contribution is 2.38. The van der Waals surface area contributed by atoms with Gasteiger partial charge in [-0.1, -0.05) is 6.07 Å². The van der Waals surface area contributed by atoms with Crippen molar-refractivity contribution in [1.82, 2.24) is 10.3 Å². The van der Waals surface area contributed by atoms with Gasteiger partial charge in [0.25, 0.3) is 5.91 Å². The van der Waals surface area contributed by atoms with E-state index < -0.39 is 35.4 Å². The fourth-order valence-corrected chi connectivity index (χ4v) is 3.14. The molecule has 0 aliphatic rings. The van der Waals surface area contributed by atoms with E-state index in [9.17, 15) is 35.9 Å². The number of hydrogen-bond acceptors (Lipinski definition) is 4. The summed E-state index contributed by atoms with van der Waals surface area (Å²) in [4.78, 5) is 27.8. The molecular weight excluding hydrogens is 466 g/mol. The average molecular weight is 484 g/mol. The van der Waals surface area contributed by atoms with Gasteiger partial charge in [0.1, 0.15) is 0 Å². The predicted octanol–water partition coefficient (Wildman–Crippen LogP) is 5.62. The summed E-state index contributed by atoms with van der Waals surface area (Å²) < 4.78 is 83.6. The molecule has 0 unspecified atom stereocenters. The average Bonchev–Trinajstić information content (AvgIpc) is 2.77. The zero-order chi connectivity index (χ0) is 25.1. The zero-order valence-electron chi connectivity index (χ0n) is 17.7. The fraction of sp³-hybridized carbons (Fsp3) is 0.261. The lowest BCUT2D eigenvalue weighted by molar-refractivity contribution is -0.144. The maximum atomic E-state index is 13.1. The molecular formula is C23H18F6N2O3. The van der Waals surface area contributed by atoms with Gasteiger partial charge in [-0.25, -0.2) is 4.98 Å². The number of esters is 1. The third-order valence-corrected chi connectivity index (χ3v) is 4.75. The molecule has 11 heteroatoms. The Bertz CT molecular complexity index is 1190. The van der Waals surface area contributed by atoms with E-state index in [1.807, 2.05) is 0 Å². The number of ether oxygens (including phenoxy) is 1. The zero-order valence-corrected chi connectivity index (χ0v) is 17.7. The van der Waals surface area contributed by atoms with Crippen LogP contribution in [0.4, 0.5) is 26.3 Å². The highest BCUT2D eigenvalue weighted by molar-refractivity contribution is 5.98. The van der Waals surface area contributed by atoms with Crippen molar-refractivity contribution in [2.24, 2.45) is 0 Å². The summed E-state index contributed by atoms with van der Waals surface area (Å²) in [6, 6.07) is 8.30. The molecule has 0 saturated carbocycles. The number of benzene rings is 2. The van der Waals surface area contributed by atoms with Crippen LogP contribution in [0.3, 0.4) is 0 Å². The number of halogens is 6. The first-order chi connectivity index (χ1) is 15.9. The maximum absolute atomic E-state index is 13.1. The summed E-state index contributed by atoms with van der Waals surface area (Å²) in [5.74, 6) is -0.927. The number of carbonyl (C=O) groups is 2. The van der Waals surface area contributed by atoms with Crippen LogP contribution < -0.4 is 5.32 Å². The standard InChI is InChI=1S/C23H18F6N2O3/c1-2-34-20(32)7-8-30-21(33)14-4-6-18-13(9-14)3-5-19(31-18)15-10-16(22(24,25)26)12-17(11-15)23(27,28)29/h3-6,9-12H,2,7-8H2,1H3,(H,30,33). The van der Waals surface area contributed by atoms with Crippen LogP contribution in [-0.4, -0.2) is 30.0 Å². The summed E-state index contributed by atoms with van der Waals surface area (Å²) in [6.07, 6.45) is -9.94. The molecule has 0 bridgehead atoms. The summed E-state index contributed by atoms with van der Waals surface area (Å²) in [5.41, 5.74) is -2.79. The Balaban J connectivity index is 1.88. The molecule has 34 heavy (non-hydrogen) atoms. The Labute approximate surface area is 189 Å². The van der Waals surface area contributed by atoms with Crippen molar-refractivity contribution in [1.29, 1.82) is 0 Å². The lowest BCUT2D eigenvalue weighted by Gasteiger charge is -2.14. The monoisotopic (exact) mass is 484 g/mol. The fourth-order valence-electron chi connectivity index (χ4n) is 3.14. The molecule has 180 valence electrons. The highest BCUT2D eigenvalue weighted by Gasteiger charge is 2.37. The molecule has 1 heterocycles. The second kappa shape index (κ2) is 9.70. The molecule has 0 radical (unpaired) electrons. The number of nitrogens with one attached hydrogen (secondary N) is 1. The molecule has 3 aromatic rings. The molecule has 1 aromatic heterocycles. The highest BCUT2D eigenvalue weighted by atomic mass is 19.4. The molecule has 0 saturated heterocycles. The maximum Gasteiger partial charge on any atom is 0.416 e.